The van der Waals surface area contributed by atoms with Gasteiger partial charge in [-0.3, -0.25) is 9.59 Å². The number of aromatic nitrogens is 1. The molecule has 0 aliphatic rings. The molecule has 2 aromatic heterocycles. The number of halogens is 1. The summed E-state index contributed by atoms with van der Waals surface area (Å²) < 4.78 is 21.4. The number of hydrogen-bond acceptors (Lipinski definition) is 3. The molecule has 0 fully saturated rings. The minimum atomic E-state index is -0.625. The van der Waals surface area contributed by atoms with Gasteiger partial charge in [-0.1, -0.05) is 18.2 Å². The van der Waals surface area contributed by atoms with Crippen LogP contribution in [0.5, 0.6) is 0 Å². The Bertz CT molecular complexity index is 1010. The summed E-state index contributed by atoms with van der Waals surface area (Å²) in [6.07, 6.45) is 4.96. The minimum Gasteiger partial charge on any atom is -0.467 e. The quantitative estimate of drug-likeness (QED) is 0.507. The number of nitrogens with zero attached hydrogens (tertiary/aromatic N) is 3. The maximum absolute atomic E-state index is 14.1. The zero-order valence-corrected chi connectivity index (χ0v) is 16.8. The van der Waals surface area contributed by atoms with Gasteiger partial charge in [0.15, 0.2) is 0 Å². The molecule has 0 saturated heterocycles. The number of hydrogen-bond donors (Lipinski definition) is 0. The highest BCUT2D eigenvalue weighted by Crippen LogP contribution is 2.14. The van der Waals surface area contributed by atoms with E-state index in [0.29, 0.717) is 12.3 Å². The molecule has 0 atom stereocenters. The SMILES string of the molecule is C=CCN(CC(=O)N(Cc1ccco1)Cc1cccn1C)C(=O)c1ccccc1F. The molecule has 0 N–H and O–H groups in total. The van der Waals surface area contributed by atoms with E-state index in [2.05, 4.69) is 6.58 Å². The van der Waals surface area contributed by atoms with Gasteiger partial charge in [0.25, 0.3) is 5.91 Å². The van der Waals surface area contributed by atoms with Crippen LogP contribution in [0.15, 0.2) is 78.1 Å². The van der Waals surface area contributed by atoms with Crippen LogP contribution in [0.3, 0.4) is 0 Å². The molecule has 30 heavy (non-hydrogen) atoms. The lowest BCUT2D eigenvalue weighted by Gasteiger charge is -2.27. The second-order valence-corrected chi connectivity index (χ2v) is 6.89. The molecule has 0 unspecified atom stereocenters. The van der Waals surface area contributed by atoms with Crippen molar-refractivity contribution in [3.05, 3.63) is 96.5 Å². The van der Waals surface area contributed by atoms with Gasteiger partial charge in [-0.05, 0) is 36.4 Å². The lowest BCUT2D eigenvalue weighted by atomic mass is 10.2. The molecule has 0 aliphatic carbocycles. The standard InChI is InChI=1S/C23H24FN3O3/c1-3-12-26(23(29)20-10-4-5-11-21(20)24)17-22(28)27(16-19-9-7-14-30-19)15-18-8-6-13-25(18)2/h3-11,13-14H,1,12,15-17H2,2H3. The lowest BCUT2D eigenvalue weighted by molar-refractivity contribution is -0.133. The van der Waals surface area contributed by atoms with Crippen molar-refractivity contribution in [2.75, 3.05) is 13.1 Å². The summed E-state index contributed by atoms with van der Waals surface area (Å²) in [5, 5.41) is 0. The van der Waals surface area contributed by atoms with Crippen molar-refractivity contribution >= 4 is 11.8 Å². The summed E-state index contributed by atoms with van der Waals surface area (Å²) in [6.45, 7) is 4.17. The molecule has 6 nitrogen and oxygen atoms in total. The molecule has 2 amide bonds. The monoisotopic (exact) mass is 409 g/mol. The van der Waals surface area contributed by atoms with Crippen LogP contribution in [0.1, 0.15) is 21.8 Å². The van der Waals surface area contributed by atoms with Gasteiger partial charge in [-0.2, -0.15) is 0 Å². The van der Waals surface area contributed by atoms with Crippen LogP contribution in [0, 0.1) is 5.82 Å². The lowest BCUT2D eigenvalue weighted by Crippen LogP contribution is -2.43. The number of furan rings is 1. The van der Waals surface area contributed by atoms with Crippen LogP contribution >= 0.6 is 0 Å². The number of rotatable bonds is 9. The molecule has 0 spiro atoms. The highest BCUT2D eigenvalue weighted by atomic mass is 19.1. The van der Waals surface area contributed by atoms with Gasteiger partial charge in [0.2, 0.25) is 5.91 Å². The molecule has 2 heterocycles. The van der Waals surface area contributed by atoms with E-state index in [0.717, 1.165) is 5.69 Å². The first kappa shape index (κ1) is 21.1. The summed E-state index contributed by atoms with van der Waals surface area (Å²) in [6, 6.07) is 13.1. The van der Waals surface area contributed by atoms with Crippen LogP contribution in [0.4, 0.5) is 4.39 Å². The first-order chi connectivity index (χ1) is 14.5. The van der Waals surface area contributed by atoms with Crippen molar-refractivity contribution < 1.29 is 18.4 Å². The highest BCUT2D eigenvalue weighted by molar-refractivity contribution is 5.96. The van der Waals surface area contributed by atoms with Crippen LogP contribution in [0.25, 0.3) is 0 Å². The fraction of sp³-hybridized carbons (Fsp3) is 0.217. The number of carbonyl (C=O) groups excluding carboxylic acids is 2. The Balaban J connectivity index is 1.80. The largest absolute Gasteiger partial charge is 0.467 e. The van der Waals surface area contributed by atoms with Crippen molar-refractivity contribution in [2.24, 2.45) is 7.05 Å². The van der Waals surface area contributed by atoms with Crippen LogP contribution in [-0.2, 0) is 24.9 Å². The average molecular weight is 409 g/mol. The van der Waals surface area contributed by atoms with Crippen molar-refractivity contribution in [3.63, 3.8) is 0 Å². The summed E-state index contributed by atoms with van der Waals surface area (Å²) in [4.78, 5) is 28.9. The number of aryl methyl sites for hydroxylation is 1. The molecule has 0 bridgehead atoms. The molecule has 7 heteroatoms. The molecule has 0 radical (unpaired) electrons. The van der Waals surface area contributed by atoms with Gasteiger partial charge in [0, 0.05) is 25.5 Å². The average Bonchev–Trinajstić information content (AvgIpc) is 3.39. The van der Waals surface area contributed by atoms with Crippen LogP contribution < -0.4 is 0 Å². The molecule has 1 aromatic carbocycles. The highest BCUT2D eigenvalue weighted by Gasteiger charge is 2.24. The fourth-order valence-electron chi connectivity index (χ4n) is 3.12. The van der Waals surface area contributed by atoms with Gasteiger partial charge in [0.1, 0.15) is 18.1 Å². The molecular weight excluding hydrogens is 385 g/mol. The van der Waals surface area contributed by atoms with E-state index in [1.165, 1.54) is 29.2 Å². The van der Waals surface area contributed by atoms with Crippen molar-refractivity contribution in [2.45, 2.75) is 13.1 Å². The van der Waals surface area contributed by atoms with Gasteiger partial charge in [-0.15, -0.1) is 6.58 Å². The Hall–Kier alpha value is -3.61. The maximum atomic E-state index is 14.1. The first-order valence-electron chi connectivity index (χ1n) is 9.54. The van der Waals surface area contributed by atoms with Gasteiger partial charge in [-0.25, -0.2) is 4.39 Å². The molecule has 0 aliphatic heterocycles. The van der Waals surface area contributed by atoms with E-state index in [1.807, 2.05) is 29.9 Å². The summed E-state index contributed by atoms with van der Waals surface area (Å²) in [5.74, 6) is -0.828. The van der Waals surface area contributed by atoms with Crippen molar-refractivity contribution in [3.8, 4) is 0 Å². The van der Waals surface area contributed by atoms with Crippen molar-refractivity contribution in [1.29, 1.82) is 0 Å². The van der Waals surface area contributed by atoms with E-state index in [1.54, 1.807) is 29.4 Å². The number of benzene rings is 1. The zero-order valence-electron chi connectivity index (χ0n) is 16.8. The molecule has 156 valence electrons. The Kier molecular flexibility index (Phi) is 6.85. The van der Waals surface area contributed by atoms with Gasteiger partial charge < -0.3 is 18.8 Å². The summed E-state index contributed by atoms with van der Waals surface area (Å²) in [5.41, 5.74) is 0.859. The van der Waals surface area contributed by atoms with Gasteiger partial charge >= 0.3 is 0 Å². The second-order valence-electron chi connectivity index (χ2n) is 6.89. The topological polar surface area (TPSA) is 58.7 Å². The molecule has 3 aromatic rings. The third-order valence-corrected chi connectivity index (χ3v) is 4.75. The number of carbonyl (C=O) groups is 2. The Labute approximate surface area is 174 Å². The van der Waals surface area contributed by atoms with Crippen LogP contribution in [0.2, 0.25) is 0 Å². The molecule has 3 rings (SSSR count). The fourth-order valence-corrected chi connectivity index (χ4v) is 3.12. The van der Waals surface area contributed by atoms with E-state index < -0.39 is 11.7 Å². The van der Waals surface area contributed by atoms with Gasteiger partial charge in [0.05, 0.1) is 24.9 Å². The van der Waals surface area contributed by atoms with Crippen LogP contribution in [-0.4, -0.2) is 39.3 Å². The summed E-state index contributed by atoms with van der Waals surface area (Å²) in [7, 11) is 1.90. The number of amides is 2. The third-order valence-electron chi connectivity index (χ3n) is 4.75. The Morgan fingerprint density at radius 2 is 1.90 bits per heavy atom. The third kappa shape index (κ3) is 5.05. The normalized spacial score (nSPS) is 10.6. The Morgan fingerprint density at radius 3 is 2.53 bits per heavy atom. The summed E-state index contributed by atoms with van der Waals surface area (Å²) >= 11 is 0. The van der Waals surface area contributed by atoms with Crippen molar-refractivity contribution in [1.82, 2.24) is 14.4 Å². The van der Waals surface area contributed by atoms with E-state index in [4.69, 9.17) is 4.42 Å². The van der Waals surface area contributed by atoms with E-state index in [-0.39, 0.29) is 31.1 Å². The molecular formula is C23H24FN3O3. The predicted molar refractivity (Wildman–Crippen MR) is 111 cm³/mol. The van der Waals surface area contributed by atoms with E-state index >= 15 is 0 Å². The maximum Gasteiger partial charge on any atom is 0.257 e. The molecule has 0 saturated carbocycles. The van der Waals surface area contributed by atoms with E-state index in [9.17, 15) is 14.0 Å². The second kappa shape index (κ2) is 9.73. The Morgan fingerprint density at radius 1 is 1.10 bits per heavy atom. The minimum absolute atomic E-state index is 0.0767. The zero-order chi connectivity index (χ0) is 21.5. The first-order valence-corrected chi connectivity index (χ1v) is 9.54. The smallest absolute Gasteiger partial charge is 0.257 e. The predicted octanol–water partition coefficient (Wildman–Crippen LogP) is 3.61.